The van der Waals surface area contributed by atoms with Crippen LogP contribution >= 0.6 is 11.8 Å². The molecule has 1 aliphatic heterocycles. The van der Waals surface area contributed by atoms with Crippen LogP contribution in [-0.2, 0) is 4.79 Å². The van der Waals surface area contributed by atoms with Crippen molar-refractivity contribution in [2.24, 2.45) is 0 Å². The van der Waals surface area contributed by atoms with Crippen LogP contribution in [0.1, 0.15) is 40.0 Å². The molecule has 6 heteroatoms. The largest absolute Gasteiger partial charge is 0.479 e. The van der Waals surface area contributed by atoms with Crippen molar-refractivity contribution in [3.05, 3.63) is 0 Å². The van der Waals surface area contributed by atoms with E-state index in [0.29, 0.717) is 25.9 Å². The van der Waals surface area contributed by atoms with Gasteiger partial charge in [-0.2, -0.15) is 11.8 Å². The lowest BCUT2D eigenvalue weighted by atomic mass is 9.93. The smallest absolute Gasteiger partial charge is 0.329 e. The maximum Gasteiger partial charge on any atom is 0.329 e. The summed E-state index contributed by atoms with van der Waals surface area (Å²) in [4.78, 5) is 25.2. The average Bonchev–Trinajstić information content (AvgIpc) is 2.81. The number of likely N-dealkylation sites (tertiary alicyclic amines) is 1. The molecule has 1 aliphatic rings. The molecule has 0 aromatic heterocycles. The molecule has 2 N–H and O–H groups in total. The molecule has 19 heavy (non-hydrogen) atoms. The van der Waals surface area contributed by atoms with Crippen molar-refractivity contribution in [2.75, 3.05) is 19.3 Å². The highest BCUT2D eigenvalue weighted by molar-refractivity contribution is 7.99. The van der Waals surface area contributed by atoms with Gasteiger partial charge >= 0.3 is 12.0 Å². The van der Waals surface area contributed by atoms with Crippen LogP contribution < -0.4 is 5.32 Å². The van der Waals surface area contributed by atoms with Gasteiger partial charge in [0.1, 0.15) is 5.54 Å². The van der Waals surface area contributed by atoms with Crippen molar-refractivity contribution in [1.82, 2.24) is 10.2 Å². The van der Waals surface area contributed by atoms with Crippen LogP contribution in [0.15, 0.2) is 0 Å². The maximum atomic E-state index is 12.2. The molecule has 0 saturated carbocycles. The summed E-state index contributed by atoms with van der Waals surface area (Å²) >= 11 is 1.67. The summed E-state index contributed by atoms with van der Waals surface area (Å²) in [5.74, 6) is -0.897. The molecule has 0 spiro atoms. The predicted octanol–water partition coefficient (Wildman–Crippen LogP) is 2.17. The Kier molecular flexibility index (Phi) is 5.12. The Morgan fingerprint density at radius 3 is 2.58 bits per heavy atom. The van der Waals surface area contributed by atoms with Crippen molar-refractivity contribution in [2.45, 2.75) is 50.3 Å². The number of aliphatic carboxylic acids is 1. The van der Waals surface area contributed by atoms with E-state index in [1.54, 1.807) is 11.8 Å². The Hall–Kier alpha value is -0.910. The minimum absolute atomic E-state index is 0.0481. The predicted molar refractivity (Wildman–Crippen MR) is 77.6 cm³/mol. The minimum Gasteiger partial charge on any atom is -0.479 e. The number of thioether (sulfide) groups is 1. The highest BCUT2D eigenvalue weighted by Gasteiger charge is 2.48. The molecule has 0 aliphatic carbocycles. The Bertz CT molecular complexity index is 360. The second kappa shape index (κ2) is 6.03. The zero-order valence-corrected chi connectivity index (χ0v) is 13.0. The van der Waals surface area contributed by atoms with E-state index < -0.39 is 11.5 Å². The first-order chi connectivity index (χ1) is 8.79. The van der Waals surface area contributed by atoms with Crippen LogP contribution in [0.4, 0.5) is 4.79 Å². The van der Waals surface area contributed by atoms with Gasteiger partial charge in [-0.25, -0.2) is 9.59 Å². The van der Waals surface area contributed by atoms with E-state index in [1.165, 1.54) is 4.90 Å². The summed E-state index contributed by atoms with van der Waals surface area (Å²) in [6.45, 7) is 6.97. The molecule has 0 aromatic carbocycles. The zero-order valence-electron chi connectivity index (χ0n) is 12.2. The number of hydrogen-bond acceptors (Lipinski definition) is 3. The van der Waals surface area contributed by atoms with E-state index in [-0.39, 0.29) is 10.8 Å². The molecule has 1 fully saturated rings. The third kappa shape index (κ3) is 3.35. The lowest BCUT2D eigenvalue weighted by Crippen LogP contribution is -2.56. The van der Waals surface area contributed by atoms with Gasteiger partial charge in [0.2, 0.25) is 0 Å². The normalized spacial score (nSPS) is 23.5. The van der Waals surface area contributed by atoms with Crippen molar-refractivity contribution in [1.29, 1.82) is 0 Å². The third-order valence-corrected chi connectivity index (χ3v) is 5.18. The van der Waals surface area contributed by atoms with Crippen molar-refractivity contribution in [3.63, 3.8) is 0 Å². The molecule has 0 aromatic rings. The van der Waals surface area contributed by atoms with Crippen LogP contribution in [0.3, 0.4) is 0 Å². The average molecular weight is 288 g/mol. The van der Waals surface area contributed by atoms with Gasteiger partial charge in [0.15, 0.2) is 0 Å². The SMILES string of the molecule is CCC1(C(=O)O)CCCN1C(=O)NCC(C)(C)SC. The monoisotopic (exact) mass is 288 g/mol. The summed E-state index contributed by atoms with van der Waals surface area (Å²) in [5.41, 5.74) is -1.02. The number of hydrogen-bond donors (Lipinski definition) is 2. The second-order valence-electron chi connectivity index (χ2n) is 5.57. The molecule has 1 unspecified atom stereocenters. The molecule has 1 saturated heterocycles. The van der Waals surface area contributed by atoms with E-state index in [1.807, 2.05) is 27.0 Å². The van der Waals surface area contributed by atoms with E-state index >= 15 is 0 Å². The molecule has 1 atom stereocenters. The highest BCUT2D eigenvalue weighted by Crippen LogP contribution is 2.33. The van der Waals surface area contributed by atoms with Crippen LogP contribution in [0.5, 0.6) is 0 Å². The van der Waals surface area contributed by atoms with Gasteiger partial charge in [0, 0.05) is 17.8 Å². The van der Waals surface area contributed by atoms with Crippen molar-refractivity contribution < 1.29 is 14.7 Å². The molecule has 0 bridgehead atoms. The molecule has 1 heterocycles. The van der Waals surface area contributed by atoms with Gasteiger partial charge in [-0.05, 0) is 39.4 Å². The fourth-order valence-corrected chi connectivity index (χ4v) is 2.59. The van der Waals surface area contributed by atoms with E-state index in [4.69, 9.17) is 0 Å². The number of carboxylic acids is 1. The van der Waals surface area contributed by atoms with Crippen molar-refractivity contribution in [3.8, 4) is 0 Å². The van der Waals surface area contributed by atoms with Crippen molar-refractivity contribution >= 4 is 23.8 Å². The first-order valence-electron chi connectivity index (χ1n) is 6.63. The van der Waals surface area contributed by atoms with Crippen LogP contribution in [0.25, 0.3) is 0 Å². The summed E-state index contributed by atoms with van der Waals surface area (Å²) in [6, 6.07) is -0.260. The van der Waals surface area contributed by atoms with Gasteiger partial charge in [-0.3, -0.25) is 0 Å². The third-order valence-electron chi connectivity index (χ3n) is 3.93. The van der Waals surface area contributed by atoms with Gasteiger partial charge in [0.05, 0.1) is 0 Å². The number of carbonyl (C=O) groups excluding carboxylic acids is 1. The molecule has 0 radical (unpaired) electrons. The number of carboxylic acid groups (broad SMARTS) is 1. The summed E-state index contributed by atoms with van der Waals surface area (Å²) < 4.78 is -0.0481. The molecular formula is C13H24N2O3S. The molecule has 2 amide bonds. The van der Waals surface area contributed by atoms with Gasteiger partial charge in [0.25, 0.3) is 0 Å². The summed E-state index contributed by atoms with van der Waals surface area (Å²) in [5, 5.41) is 12.3. The lowest BCUT2D eigenvalue weighted by molar-refractivity contribution is -0.148. The van der Waals surface area contributed by atoms with Crippen LogP contribution in [0.2, 0.25) is 0 Å². The second-order valence-corrected chi connectivity index (χ2v) is 7.08. The number of amides is 2. The highest BCUT2D eigenvalue weighted by atomic mass is 32.2. The maximum absolute atomic E-state index is 12.2. The number of nitrogens with zero attached hydrogens (tertiary/aromatic N) is 1. The van der Waals surface area contributed by atoms with Crippen LogP contribution in [0, 0.1) is 0 Å². The van der Waals surface area contributed by atoms with Gasteiger partial charge < -0.3 is 15.3 Å². The molecule has 5 nitrogen and oxygen atoms in total. The first kappa shape index (κ1) is 16.1. The number of urea groups is 1. The van der Waals surface area contributed by atoms with Gasteiger partial charge in [-0.1, -0.05) is 6.92 Å². The lowest BCUT2D eigenvalue weighted by Gasteiger charge is -2.34. The fourth-order valence-electron chi connectivity index (χ4n) is 2.37. The molecule has 1 rings (SSSR count). The fraction of sp³-hybridized carbons (Fsp3) is 0.846. The Morgan fingerprint density at radius 2 is 2.11 bits per heavy atom. The number of nitrogens with one attached hydrogen (secondary N) is 1. The molecule has 110 valence electrons. The summed E-state index contributed by atoms with van der Waals surface area (Å²) in [6.07, 6.45) is 3.73. The summed E-state index contributed by atoms with van der Waals surface area (Å²) in [7, 11) is 0. The number of rotatable bonds is 5. The van der Waals surface area contributed by atoms with E-state index in [9.17, 15) is 14.7 Å². The van der Waals surface area contributed by atoms with E-state index in [2.05, 4.69) is 5.32 Å². The Balaban J connectivity index is 2.73. The van der Waals surface area contributed by atoms with Gasteiger partial charge in [-0.15, -0.1) is 0 Å². The first-order valence-corrected chi connectivity index (χ1v) is 7.85. The standard InChI is InChI=1S/C13H24N2O3S/c1-5-13(10(16)17)7-6-8-15(13)11(18)14-9-12(2,3)19-4/h5-9H2,1-4H3,(H,14,18)(H,16,17). The number of carbonyl (C=O) groups is 2. The van der Waals surface area contributed by atoms with Crippen LogP contribution in [-0.4, -0.2) is 51.6 Å². The zero-order chi connectivity index (χ0) is 14.7. The minimum atomic E-state index is -1.02. The van der Waals surface area contributed by atoms with E-state index in [0.717, 1.165) is 6.42 Å². The quantitative estimate of drug-likeness (QED) is 0.813. The Morgan fingerprint density at radius 1 is 1.47 bits per heavy atom. The topological polar surface area (TPSA) is 69.6 Å². The Labute approximate surface area is 119 Å². The molecular weight excluding hydrogens is 264 g/mol.